The van der Waals surface area contributed by atoms with Crippen molar-refractivity contribution in [3.8, 4) is 0 Å². The SMILES string of the molecule is CC(C)(C)c1nc(COCC(F)(F)F)nc(N)c1Br. The summed E-state index contributed by atoms with van der Waals surface area (Å²) in [6, 6.07) is 0. The molecule has 1 aromatic rings. The first kappa shape index (κ1) is 16.2. The third kappa shape index (κ3) is 4.94. The molecule has 0 aliphatic heterocycles. The van der Waals surface area contributed by atoms with Crippen LogP contribution in [-0.2, 0) is 16.8 Å². The highest BCUT2D eigenvalue weighted by Gasteiger charge is 2.28. The highest BCUT2D eigenvalue weighted by molar-refractivity contribution is 9.10. The van der Waals surface area contributed by atoms with E-state index in [1.807, 2.05) is 20.8 Å². The molecule has 0 radical (unpaired) electrons. The normalized spacial score (nSPS) is 12.8. The van der Waals surface area contributed by atoms with Crippen LogP contribution in [0.1, 0.15) is 32.3 Å². The molecule has 2 N–H and O–H groups in total. The molecule has 4 nitrogen and oxygen atoms in total. The number of nitrogens with two attached hydrogens (primary N) is 1. The number of nitrogens with zero attached hydrogens (tertiary/aromatic N) is 2. The van der Waals surface area contributed by atoms with Crippen LogP contribution in [0.5, 0.6) is 0 Å². The van der Waals surface area contributed by atoms with Gasteiger partial charge in [-0.3, -0.25) is 0 Å². The van der Waals surface area contributed by atoms with Crippen LogP contribution >= 0.6 is 15.9 Å². The van der Waals surface area contributed by atoms with Crippen LogP contribution in [0.4, 0.5) is 19.0 Å². The maximum absolute atomic E-state index is 12.0. The Labute approximate surface area is 117 Å². The smallest absolute Gasteiger partial charge is 0.383 e. The number of halogens is 4. The number of ether oxygens (including phenoxy) is 1. The third-order valence-electron chi connectivity index (χ3n) is 2.13. The molecule has 19 heavy (non-hydrogen) atoms. The Morgan fingerprint density at radius 2 is 1.79 bits per heavy atom. The van der Waals surface area contributed by atoms with E-state index in [9.17, 15) is 13.2 Å². The summed E-state index contributed by atoms with van der Waals surface area (Å²) >= 11 is 3.28. The summed E-state index contributed by atoms with van der Waals surface area (Å²) in [5, 5.41) is 0. The summed E-state index contributed by atoms with van der Waals surface area (Å²) in [4.78, 5) is 8.09. The van der Waals surface area contributed by atoms with Gasteiger partial charge in [-0.1, -0.05) is 20.8 Å². The Bertz CT molecular complexity index is 458. The van der Waals surface area contributed by atoms with Gasteiger partial charge in [-0.2, -0.15) is 13.2 Å². The Morgan fingerprint density at radius 3 is 2.26 bits per heavy atom. The molecule has 1 rings (SSSR count). The van der Waals surface area contributed by atoms with Crippen LogP contribution in [-0.4, -0.2) is 22.8 Å². The van der Waals surface area contributed by atoms with Gasteiger partial charge in [-0.05, 0) is 15.9 Å². The van der Waals surface area contributed by atoms with Crippen LogP contribution in [0.2, 0.25) is 0 Å². The van der Waals surface area contributed by atoms with Gasteiger partial charge >= 0.3 is 6.18 Å². The Morgan fingerprint density at radius 1 is 1.21 bits per heavy atom. The largest absolute Gasteiger partial charge is 0.411 e. The molecule has 1 aromatic heterocycles. The summed E-state index contributed by atoms with van der Waals surface area (Å²) in [6.45, 7) is 4.08. The summed E-state index contributed by atoms with van der Waals surface area (Å²) < 4.78 is 41.0. The molecule has 1 heterocycles. The highest BCUT2D eigenvalue weighted by Crippen LogP contribution is 2.31. The number of nitrogen functional groups attached to an aromatic ring is 1. The van der Waals surface area contributed by atoms with Crippen LogP contribution in [0.15, 0.2) is 4.47 Å². The molecule has 8 heteroatoms. The predicted octanol–water partition coefficient (Wildman–Crippen LogP) is 3.20. The van der Waals surface area contributed by atoms with Crippen molar-refractivity contribution in [2.24, 2.45) is 0 Å². The lowest BCUT2D eigenvalue weighted by atomic mass is 9.92. The fourth-order valence-electron chi connectivity index (χ4n) is 1.33. The Hall–Kier alpha value is -0.890. The van der Waals surface area contributed by atoms with Crippen molar-refractivity contribution in [1.82, 2.24) is 9.97 Å². The zero-order valence-electron chi connectivity index (χ0n) is 10.8. The van der Waals surface area contributed by atoms with E-state index in [-0.39, 0.29) is 23.7 Å². The molecule has 0 spiro atoms. The number of rotatable bonds is 3. The third-order valence-corrected chi connectivity index (χ3v) is 2.91. The van der Waals surface area contributed by atoms with Gasteiger partial charge in [-0.25, -0.2) is 9.97 Å². The maximum Gasteiger partial charge on any atom is 0.411 e. The summed E-state index contributed by atoms with van der Waals surface area (Å²) in [5.41, 5.74) is 6.02. The van der Waals surface area contributed by atoms with E-state index in [0.29, 0.717) is 10.2 Å². The van der Waals surface area contributed by atoms with Crippen LogP contribution in [0.25, 0.3) is 0 Å². The van der Waals surface area contributed by atoms with E-state index < -0.39 is 12.8 Å². The number of aromatic nitrogens is 2. The molecule has 108 valence electrons. The average Bonchev–Trinajstić information content (AvgIpc) is 2.19. The molecule has 0 bridgehead atoms. The van der Waals surface area contributed by atoms with Gasteiger partial charge in [0.25, 0.3) is 0 Å². The van der Waals surface area contributed by atoms with Crippen LogP contribution in [0.3, 0.4) is 0 Å². The van der Waals surface area contributed by atoms with Crippen molar-refractivity contribution in [2.75, 3.05) is 12.3 Å². The zero-order chi connectivity index (χ0) is 14.8. The first-order valence-corrected chi connectivity index (χ1v) is 6.27. The van der Waals surface area contributed by atoms with E-state index >= 15 is 0 Å². The van der Waals surface area contributed by atoms with E-state index in [0.717, 1.165) is 0 Å². The summed E-state index contributed by atoms with van der Waals surface area (Å²) in [6.07, 6.45) is -4.37. The minimum absolute atomic E-state index is 0.134. The van der Waals surface area contributed by atoms with Crippen LogP contribution < -0.4 is 5.73 Å². The van der Waals surface area contributed by atoms with Gasteiger partial charge in [0.2, 0.25) is 0 Å². The predicted molar refractivity (Wildman–Crippen MR) is 68.6 cm³/mol. The van der Waals surface area contributed by atoms with Gasteiger partial charge in [0, 0.05) is 5.41 Å². The Kier molecular flexibility index (Phi) is 4.78. The van der Waals surface area contributed by atoms with Gasteiger partial charge < -0.3 is 10.5 Å². The molecule has 0 saturated carbocycles. The Balaban J connectivity index is 2.89. The van der Waals surface area contributed by atoms with Crippen molar-refractivity contribution >= 4 is 21.7 Å². The second-order valence-electron chi connectivity index (χ2n) is 5.05. The molecule has 0 atom stereocenters. The maximum atomic E-state index is 12.0. The topological polar surface area (TPSA) is 61.0 Å². The molecular weight excluding hydrogens is 327 g/mol. The quantitative estimate of drug-likeness (QED) is 0.916. The fraction of sp³-hybridized carbons (Fsp3) is 0.636. The van der Waals surface area contributed by atoms with Gasteiger partial charge in [0.15, 0.2) is 5.82 Å². The molecule has 0 saturated heterocycles. The molecule has 0 aliphatic rings. The molecule has 0 unspecified atom stereocenters. The van der Waals surface area contributed by atoms with Crippen molar-refractivity contribution in [3.63, 3.8) is 0 Å². The number of anilines is 1. The first-order valence-electron chi connectivity index (χ1n) is 5.47. The second kappa shape index (κ2) is 5.62. The fourth-order valence-corrected chi connectivity index (χ4v) is 2.10. The van der Waals surface area contributed by atoms with Gasteiger partial charge in [0.05, 0.1) is 10.2 Å². The average molecular weight is 342 g/mol. The molecule has 0 aromatic carbocycles. The van der Waals surface area contributed by atoms with Gasteiger partial charge in [0.1, 0.15) is 19.0 Å². The van der Waals surface area contributed by atoms with E-state index in [1.165, 1.54) is 0 Å². The van der Waals surface area contributed by atoms with Crippen LogP contribution in [0, 0.1) is 0 Å². The standard InChI is InChI=1S/C11H15BrF3N3O/c1-10(2,3)8-7(12)9(16)18-6(17-8)4-19-5-11(13,14)15/h4-5H2,1-3H3,(H2,16,17,18). The summed E-state index contributed by atoms with van der Waals surface area (Å²) in [7, 11) is 0. The number of hydrogen-bond donors (Lipinski definition) is 1. The minimum Gasteiger partial charge on any atom is -0.383 e. The number of hydrogen-bond acceptors (Lipinski definition) is 4. The van der Waals surface area contributed by atoms with E-state index in [2.05, 4.69) is 30.6 Å². The van der Waals surface area contributed by atoms with E-state index in [4.69, 9.17) is 5.73 Å². The lowest BCUT2D eigenvalue weighted by Gasteiger charge is -2.20. The number of alkyl halides is 3. The molecule has 0 fully saturated rings. The lowest BCUT2D eigenvalue weighted by Crippen LogP contribution is -2.20. The van der Waals surface area contributed by atoms with Gasteiger partial charge in [-0.15, -0.1) is 0 Å². The lowest BCUT2D eigenvalue weighted by molar-refractivity contribution is -0.177. The van der Waals surface area contributed by atoms with Crippen molar-refractivity contribution in [1.29, 1.82) is 0 Å². The zero-order valence-corrected chi connectivity index (χ0v) is 12.4. The molecule has 0 amide bonds. The highest BCUT2D eigenvalue weighted by atomic mass is 79.9. The molecular formula is C11H15BrF3N3O. The second-order valence-corrected chi connectivity index (χ2v) is 5.84. The van der Waals surface area contributed by atoms with E-state index in [1.54, 1.807) is 0 Å². The summed E-state index contributed by atoms with van der Waals surface area (Å²) in [5.74, 6) is 0.320. The van der Waals surface area contributed by atoms with Crippen molar-refractivity contribution in [3.05, 3.63) is 16.0 Å². The monoisotopic (exact) mass is 341 g/mol. The molecule has 0 aliphatic carbocycles. The van der Waals surface area contributed by atoms with Crippen molar-refractivity contribution < 1.29 is 17.9 Å². The van der Waals surface area contributed by atoms with Crippen molar-refractivity contribution in [2.45, 2.75) is 39.0 Å². The first-order chi connectivity index (χ1) is 8.50. The minimum atomic E-state index is -4.37.